The molecule has 0 aliphatic rings. The van der Waals surface area contributed by atoms with E-state index in [-0.39, 0.29) is 0 Å². The topological polar surface area (TPSA) is 40.7 Å². The third-order valence-electron chi connectivity index (χ3n) is 6.44. The summed E-state index contributed by atoms with van der Waals surface area (Å²) in [4.78, 5) is 8.10. The molecular weight excluding hydrogens is 445 g/mol. The van der Waals surface area contributed by atoms with E-state index < -0.39 is 5.67 Å². The Labute approximate surface area is 211 Å². The molecule has 2 aromatic heterocycles. The van der Waals surface area contributed by atoms with Gasteiger partial charge in [-0.3, -0.25) is 0 Å². The van der Waals surface area contributed by atoms with E-state index in [0.717, 1.165) is 50.4 Å². The van der Waals surface area contributed by atoms with Gasteiger partial charge in [-0.2, -0.15) is 0 Å². The van der Waals surface area contributed by atoms with E-state index in [2.05, 4.69) is 71.3 Å². The largest absolute Gasteiger partial charge is 0.359 e. The number of hydrogen-bond donors (Lipinski definition) is 2. The van der Waals surface area contributed by atoms with Gasteiger partial charge in [0.25, 0.3) is 0 Å². The van der Waals surface area contributed by atoms with Crippen molar-refractivity contribution in [3.05, 3.63) is 120 Å². The van der Waals surface area contributed by atoms with Gasteiger partial charge < -0.3 is 10.3 Å². The van der Waals surface area contributed by atoms with Gasteiger partial charge in [-0.15, -0.1) is 0 Å². The minimum absolute atomic E-state index is 0.643. The first-order valence-electron chi connectivity index (χ1n) is 12.1. The monoisotopic (exact) mass is 475 g/mol. The Morgan fingerprint density at radius 3 is 2.50 bits per heavy atom. The quantitative estimate of drug-likeness (QED) is 0.247. The van der Waals surface area contributed by atoms with E-state index in [1.165, 1.54) is 5.56 Å². The van der Waals surface area contributed by atoms with Crippen molar-refractivity contribution in [3.8, 4) is 22.4 Å². The van der Waals surface area contributed by atoms with Crippen molar-refractivity contribution >= 4 is 16.7 Å². The van der Waals surface area contributed by atoms with Gasteiger partial charge in [-0.25, -0.2) is 9.37 Å². The first-order chi connectivity index (χ1) is 17.3. The molecule has 5 aromatic rings. The molecule has 0 unspecified atom stereocenters. The second-order valence-corrected chi connectivity index (χ2v) is 9.82. The Balaban J connectivity index is 1.32. The van der Waals surface area contributed by atoms with Crippen molar-refractivity contribution in [1.82, 2.24) is 9.97 Å². The Kier molecular flexibility index (Phi) is 6.19. The van der Waals surface area contributed by atoms with Crippen LogP contribution in [0.4, 0.5) is 10.1 Å². The molecule has 0 amide bonds. The lowest BCUT2D eigenvalue weighted by Crippen LogP contribution is -2.10. The fourth-order valence-corrected chi connectivity index (χ4v) is 4.56. The molecule has 4 heteroatoms. The average molecular weight is 476 g/mol. The SMILES string of the molecule is C=C(Cc1ccc(-c2cnc3[nH]c(-c4ccccc4)cc3c2)c(C)c1)Nc1cccc(C(C)(C)F)c1. The lowest BCUT2D eigenvalue weighted by Gasteiger charge is -2.17. The fourth-order valence-electron chi connectivity index (χ4n) is 4.56. The highest BCUT2D eigenvalue weighted by Crippen LogP contribution is 2.30. The van der Waals surface area contributed by atoms with E-state index in [1.807, 2.05) is 42.6 Å². The van der Waals surface area contributed by atoms with Crippen LogP contribution in [0.3, 0.4) is 0 Å². The van der Waals surface area contributed by atoms with Crippen LogP contribution >= 0.6 is 0 Å². The number of rotatable bonds is 7. The van der Waals surface area contributed by atoms with Crippen LogP contribution < -0.4 is 5.32 Å². The maximum atomic E-state index is 14.3. The highest BCUT2D eigenvalue weighted by molar-refractivity contribution is 5.87. The molecule has 0 atom stereocenters. The van der Waals surface area contributed by atoms with Crippen molar-refractivity contribution in [3.63, 3.8) is 0 Å². The van der Waals surface area contributed by atoms with Gasteiger partial charge >= 0.3 is 0 Å². The van der Waals surface area contributed by atoms with Gasteiger partial charge in [0.1, 0.15) is 11.3 Å². The predicted octanol–water partition coefficient (Wildman–Crippen LogP) is 8.58. The molecule has 2 heterocycles. The van der Waals surface area contributed by atoms with Crippen LogP contribution in [-0.4, -0.2) is 9.97 Å². The van der Waals surface area contributed by atoms with E-state index >= 15 is 0 Å². The summed E-state index contributed by atoms with van der Waals surface area (Å²) < 4.78 is 14.3. The van der Waals surface area contributed by atoms with Crippen molar-refractivity contribution in [2.24, 2.45) is 0 Å². The smallest absolute Gasteiger partial charge is 0.137 e. The number of nitrogens with zero attached hydrogens (tertiary/aromatic N) is 1. The summed E-state index contributed by atoms with van der Waals surface area (Å²) in [6.07, 6.45) is 2.61. The lowest BCUT2D eigenvalue weighted by molar-refractivity contribution is 0.221. The Hall–Kier alpha value is -4.18. The summed E-state index contributed by atoms with van der Waals surface area (Å²) in [5.41, 5.74) is 8.66. The second kappa shape index (κ2) is 9.46. The summed E-state index contributed by atoms with van der Waals surface area (Å²) in [6, 6.07) is 28.5. The molecule has 0 bridgehead atoms. The number of fused-ring (bicyclic) bond motifs is 1. The fraction of sp³-hybridized carbons (Fsp3) is 0.156. The number of aromatic nitrogens is 2. The summed E-state index contributed by atoms with van der Waals surface area (Å²) in [6.45, 7) is 9.45. The van der Waals surface area contributed by atoms with Crippen LogP contribution in [-0.2, 0) is 12.1 Å². The van der Waals surface area contributed by atoms with Crippen LogP contribution in [0.5, 0.6) is 0 Å². The normalized spacial score (nSPS) is 11.6. The number of aromatic amines is 1. The van der Waals surface area contributed by atoms with Crippen LogP contribution in [0.15, 0.2) is 103 Å². The molecule has 3 aromatic carbocycles. The lowest BCUT2D eigenvalue weighted by atomic mass is 9.97. The zero-order valence-corrected chi connectivity index (χ0v) is 20.9. The summed E-state index contributed by atoms with van der Waals surface area (Å²) in [5, 5.41) is 4.42. The first-order valence-corrected chi connectivity index (χ1v) is 12.1. The number of alkyl halides is 1. The third-order valence-corrected chi connectivity index (χ3v) is 6.44. The number of aryl methyl sites for hydroxylation is 1. The third kappa shape index (κ3) is 5.08. The molecule has 0 spiro atoms. The van der Waals surface area contributed by atoms with E-state index in [9.17, 15) is 4.39 Å². The van der Waals surface area contributed by atoms with Gasteiger partial charge in [0.15, 0.2) is 0 Å². The second-order valence-electron chi connectivity index (χ2n) is 9.82. The number of allylic oxidation sites excluding steroid dienone is 1. The van der Waals surface area contributed by atoms with E-state index in [4.69, 9.17) is 0 Å². The van der Waals surface area contributed by atoms with E-state index in [1.54, 1.807) is 19.9 Å². The minimum Gasteiger partial charge on any atom is -0.359 e. The number of hydrogen-bond acceptors (Lipinski definition) is 2. The highest BCUT2D eigenvalue weighted by atomic mass is 19.1. The summed E-state index contributed by atoms with van der Waals surface area (Å²) >= 11 is 0. The molecule has 0 saturated heterocycles. The number of nitrogens with one attached hydrogen (secondary N) is 2. The van der Waals surface area contributed by atoms with Gasteiger partial charge in [-0.1, -0.05) is 67.2 Å². The van der Waals surface area contributed by atoms with E-state index in [0.29, 0.717) is 12.0 Å². The predicted molar refractivity (Wildman–Crippen MR) is 149 cm³/mol. The van der Waals surface area contributed by atoms with Crippen LogP contribution in [0.25, 0.3) is 33.4 Å². The molecular formula is C32H30FN3. The summed E-state index contributed by atoms with van der Waals surface area (Å²) in [7, 11) is 0. The number of H-pyrrole nitrogens is 1. The Bertz CT molecular complexity index is 1540. The number of benzene rings is 3. The molecule has 3 nitrogen and oxygen atoms in total. The molecule has 0 radical (unpaired) electrons. The zero-order valence-electron chi connectivity index (χ0n) is 20.9. The van der Waals surface area contributed by atoms with Crippen molar-refractivity contribution < 1.29 is 4.39 Å². The van der Waals surface area contributed by atoms with Crippen LogP contribution in [0.1, 0.15) is 30.5 Å². The van der Waals surface area contributed by atoms with Crippen molar-refractivity contribution in [2.75, 3.05) is 5.32 Å². The standard InChI is InChI=1S/C32H30FN3/c1-21-15-23(16-22(2)35-28-12-8-11-27(19-28)32(3,4)33)13-14-29(21)26-17-25-18-30(36-31(25)34-20-26)24-9-6-5-7-10-24/h5-15,17-20,35H,2,16H2,1,3-4H3,(H,34,36). The maximum Gasteiger partial charge on any atom is 0.137 e. The van der Waals surface area contributed by atoms with Gasteiger partial charge in [0.2, 0.25) is 0 Å². The maximum absolute atomic E-state index is 14.3. The number of pyridine rings is 1. The summed E-state index contributed by atoms with van der Waals surface area (Å²) in [5.74, 6) is 0. The van der Waals surface area contributed by atoms with Crippen LogP contribution in [0, 0.1) is 6.92 Å². The zero-order chi connectivity index (χ0) is 25.3. The Morgan fingerprint density at radius 2 is 1.75 bits per heavy atom. The van der Waals surface area contributed by atoms with Crippen LogP contribution in [0.2, 0.25) is 0 Å². The van der Waals surface area contributed by atoms with Gasteiger partial charge in [0, 0.05) is 40.6 Å². The van der Waals surface area contributed by atoms with Gasteiger partial charge in [-0.05, 0) is 72.9 Å². The highest BCUT2D eigenvalue weighted by Gasteiger charge is 2.18. The molecule has 36 heavy (non-hydrogen) atoms. The number of anilines is 1. The minimum atomic E-state index is -1.38. The Morgan fingerprint density at radius 1 is 0.944 bits per heavy atom. The molecule has 0 fully saturated rings. The van der Waals surface area contributed by atoms with Gasteiger partial charge in [0.05, 0.1) is 0 Å². The molecule has 0 aliphatic carbocycles. The first kappa shape index (κ1) is 23.6. The number of halogens is 1. The molecule has 5 rings (SSSR count). The molecule has 0 saturated carbocycles. The molecule has 180 valence electrons. The molecule has 0 aliphatic heterocycles. The average Bonchev–Trinajstić information content (AvgIpc) is 3.28. The van der Waals surface area contributed by atoms with Crippen molar-refractivity contribution in [1.29, 1.82) is 0 Å². The molecule has 2 N–H and O–H groups in total. The van der Waals surface area contributed by atoms with Crippen molar-refractivity contribution in [2.45, 2.75) is 32.9 Å².